The Labute approximate surface area is 299 Å². The second-order valence-corrected chi connectivity index (χ2v) is 14.0. The molecule has 0 saturated heterocycles. The topological polar surface area (TPSA) is 42.7 Å². The largest absolute Gasteiger partial charge is 0.439 e. The molecule has 0 spiro atoms. The van der Waals surface area contributed by atoms with E-state index in [1.54, 1.807) is 0 Å². The third kappa shape index (κ3) is 5.79. The highest BCUT2D eigenvalue weighted by molar-refractivity contribution is 6.13. The molecule has 0 aliphatic heterocycles. The number of rotatable bonds is 8. The summed E-state index contributed by atoms with van der Waals surface area (Å²) >= 11 is 0. The van der Waals surface area contributed by atoms with Crippen LogP contribution in [0, 0.1) is 13.8 Å². The number of pyridine rings is 2. The number of imidazole rings is 1. The molecule has 8 aromatic rings. The fourth-order valence-corrected chi connectivity index (χ4v) is 7.28. The van der Waals surface area contributed by atoms with Gasteiger partial charge in [0, 0.05) is 51.7 Å². The van der Waals surface area contributed by atoms with Crippen molar-refractivity contribution in [3.63, 3.8) is 0 Å². The summed E-state index contributed by atoms with van der Waals surface area (Å²) in [4.78, 5) is 12.0. The van der Waals surface area contributed by atoms with E-state index in [0.717, 1.165) is 56.2 Å². The van der Waals surface area contributed by atoms with Gasteiger partial charge in [0.15, 0.2) is 0 Å². The highest BCUT2D eigenvalue weighted by Gasteiger charge is 2.22. The molecular weight excluding hydrogens is 625 g/mol. The minimum Gasteiger partial charge on any atom is -0.439 e. The Bertz CT molecular complexity index is 2520. The summed E-state index contributed by atoms with van der Waals surface area (Å²) < 4.78 is 8.68. The van der Waals surface area contributed by atoms with Crippen molar-refractivity contribution in [1.82, 2.24) is 14.4 Å². The Balaban J connectivity index is 1.35. The predicted molar refractivity (Wildman–Crippen MR) is 212 cm³/mol. The SMILES string of the molecule is Cc1cnc(Oc2cccc(N(c3ccccc3)c3ccc4c5ccccc5n5c(-c6c(C(C)C)cccc6C(C)C)cnc5c4c3)c2)cc1C. The molecule has 0 atom stereocenters. The number of hydrogen-bond donors (Lipinski definition) is 0. The van der Waals surface area contributed by atoms with Crippen LogP contribution in [0.25, 0.3) is 38.6 Å². The zero-order chi connectivity index (χ0) is 35.2. The number of ether oxygens (including phenoxy) is 1. The van der Waals surface area contributed by atoms with Gasteiger partial charge in [0.2, 0.25) is 5.88 Å². The summed E-state index contributed by atoms with van der Waals surface area (Å²) in [5.41, 5.74) is 12.5. The second kappa shape index (κ2) is 13.1. The zero-order valence-electron chi connectivity index (χ0n) is 30.1. The summed E-state index contributed by atoms with van der Waals surface area (Å²) in [6.45, 7) is 13.3. The Morgan fingerprint density at radius 2 is 1.25 bits per heavy atom. The number of fused-ring (bicyclic) bond motifs is 6. The second-order valence-electron chi connectivity index (χ2n) is 14.0. The molecule has 0 unspecified atom stereocenters. The molecule has 51 heavy (non-hydrogen) atoms. The Kier molecular flexibility index (Phi) is 8.27. The lowest BCUT2D eigenvalue weighted by molar-refractivity contribution is 0.462. The maximum Gasteiger partial charge on any atom is 0.219 e. The predicted octanol–water partition coefficient (Wildman–Crippen LogP) is 12.8. The van der Waals surface area contributed by atoms with Crippen LogP contribution in [0.15, 0.2) is 134 Å². The number of aryl methyl sites for hydroxylation is 2. The Morgan fingerprint density at radius 1 is 0.569 bits per heavy atom. The highest BCUT2D eigenvalue weighted by Crippen LogP contribution is 2.42. The van der Waals surface area contributed by atoms with Crippen LogP contribution in [0.3, 0.4) is 0 Å². The average Bonchev–Trinajstić information content (AvgIpc) is 3.59. The molecule has 8 rings (SSSR count). The molecule has 0 aliphatic rings. The van der Waals surface area contributed by atoms with Crippen LogP contribution in [-0.2, 0) is 0 Å². The number of nitrogens with zero attached hydrogens (tertiary/aromatic N) is 4. The van der Waals surface area contributed by atoms with Crippen LogP contribution in [0.5, 0.6) is 11.6 Å². The van der Waals surface area contributed by atoms with Crippen molar-refractivity contribution in [2.24, 2.45) is 0 Å². The third-order valence-electron chi connectivity index (χ3n) is 9.99. The van der Waals surface area contributed by atoms with E-state index in [4.69, 9.17) is 9.72 Å². The van der Waals surface area contributed by atoms with E-state index >= 15 is 0 Å². The maximum atomic E-state index is 6.30. The molecule has 252 valence electrons. The normalized spacial score (nSPS) is 11.7. The molecule has 0 fully saturated rings. The molecule has 0 radical (unpaired) electrons. The van der Waals surface area contributed by atoms with E-state index in [1.165, 1.54) is 27.5 Å². The van der Waals surface area contributed by atoms with Crippen molar-refractivity contribution in [3.8, 4) is 22.9 Å². The first kappa shape index (κ1) is 32.3. The average molecular weight is 667 g/mol. The van der Waals surface area contributed by atoms with Gasteiger partial charge in [-0.25, -0.2) is 9.97 Å². The number of anilines is 3. The van der Waals surface area contributed by atoms with Gasteiger partial charge in [-0.3, -0.25) is 4.40 Å². The van der Waals surface area contributed by atoms with Crippen LogP contribution < -0.4 is 9.64 Å². The molecule has 3 aromatic heterocycles. The lowest BCUT2D eigenvalue weighted by atomic mass is 9.87. The fourth-order valence-electron chi connectivity index (χ4n) is 7.28. The molecule has 0 saturated carbocycles. The highest BCUT2D eigenvalue weighted by atomic mass is 16.5. The molecule has 5 nitrogen and oxygen atoms in total. The van der Waals surface area contributed by atoms with E-state index in [9.17, 15) is 0 Å². The first-order valence-corrected chi connectivity index (χ1v) is 17.8. The van der Waals surface area contributed by atoms with Gasteiger partial charge in [-0.2, -0.15) is 0 Å². The number of aromatic nitrogens is 3. The smallest absolute Gasteiger partial charge is 0.219 e. The van der Waals surface area contributed by atoms with Crippen molar-refractivity contribution in [2.75, 3.05) is 4.90 Å². The Hall–Kier alpha value is -5.94. The monoisotopic (exact) mass is 666 g/mol. The van der Waals surface area contributed by atoms with Crippen LogP contribution in [0.4, 0.5) is 17.1 Å². The zero-order valence-corrected chi connectivity index (χ0v) is 30.1. The summed E-state index contributed by atoms with van der Waals surface area (Å²) in [5.74, 6) is 2.04. The molecule has 0 N–H and O–H groups in total. The van der Waals surface area contributed by atoms with Crippen molar-refractivity contribution in [3.05, 3.63) is 156 Å². The number of benzene rings is 5. The van der Waals surface area contributed by atoms with Crippen molar-refractivity contribution >= 4 is 44.4 Å². The Morgan fingerprint density at radius 3 is 2.00 bits per heavy atom. The minimum atomic E-state index is 0.368. The van der Waals surface area contributed by atoms with Gasteiger partial charge < -0.3 is 9.64 Å². The maximum absolute atomic E-state index is 6.30. The standard InChI is InChI=1S/C46H42N4O/c1-29(2)37-19-13-20-38(30(3)4)45(37)43-28-48-46-41-26-35(22-23-39(41)40-18-10-11-21-42(40)50(43)46)49(33-14-8-7-9-15-33)34-16-12-17-36(25-34)51-44-24-31(5)32(6)27-47-44/h7-30H,1-6H3. The van der Waals surface area contributed by atoms with E-state index in [0.29, 0.717) is 17.7 Å². The van der Waals surface area contributed by atoms with E-state index < -0.39 is 0 Å². The number of para-hydroxylation sites is 2. The third-order valence-corrected chi connectivity index (χ3v) is 9.99. The molecule has 0 amide bonds. The summed E-state index contributed by atoms with van der Waals surface area (Å²) in [7, 11) is 0. The molecular formula is C46H42N4O. The van der Waals surface area contributed by atoms with Crippen molar-refractivity contribution < 1.29 is 4.74 Å². The van der Waals surface area contributed by atoms with E-state index in [-0.39, 0.29) is 0 Å². The van der Waals surface area contributed by atoms with Gasteiger partial charge in [0.1, 0.15) is 11.4 Å². The lowest BCUT2D eigenvalue weighted by Crippen LogP contribution is -2.10. The quantitative estimate of drug-likeness (QED) is 0.151. The van der Waals surface area contributed by atoms with Gasteiger partial charge in [-0.1, -0.05) is 94.4 Å². The first-order chi connectivity index (χ1) is 24.8. The van der Waals surface area contributed by atoms with Crippen molar-refractivity contribution in [2.45, 2.75) is 53.4 Å². The van der Waals surface area contributed by atoms with Gasteiger partial charge in [0.25, 0.3) is 0 Å². The molecule has 0 bridgehead atoms. The lowest BCUT2D eigenvalue weighted by Gasteiger charge is -2.26. The van der Waals surface area contributed by atoms with E-state index in [2.05, 4.69) is 165 Å². The van der Waals surface area contributed by atoms with Gasteiger partial charge in [-0.05, 0) is 95.8 Å². The molecule has 3 heterocycles. The first-order valence-electron chi connectivity index (χ1n) is 17.8. The summed E-state index contributed by atoms with van der Waals surface area (Å²) in [5, 5.41) is 3.46. The molecule has 0 aliphatic carbocycles. The summed E-state index contributed by atoms with van der Waals surface area (Å²) in [6.07, 6.45) is 3.94. The van der Waals surface area contributed by atoms with Gasteiger partial charge >= 0.3 is 0 Å². The molecule has 5 heteroatoms. The van der Waals surface area contributed by atoms with Gasteiger partial charge in [0.05, 0.1) is 17.4 Å². The summed E-state index contributed by atoms with van der Waals surface area (Å²) in [6, 6.07) is 42.9. The fraction of sp³-hybridized carbons (Fsp3) is 0.174. The van der Waals surface area contributed by atoms with Crippen LogP contribution in [-0.4, -0.2) is 14.4 Å². The number of hydrogen-bond acceptors (Lipinski definition) is 4. The van der Waals surface area contributed by atoms with Crippen LogP contribution in [0.2, 0.25) is 0 Å². The van der Waals surface area contributed by atoms with Crippen molar-refractivity contribution in [1.29, 1.82) is 0 Å². The van der Waals surface area contributed by atoms with E-state index in [1.807, 2.05) is 24.4 Å². The van der Waals surface area contributed by atoms with Crippen LogP contribution >= 0.6 is 0 Å². The minimum absolute atomic E-state index is 0.368. The van der Waals surface area contributed by atoms with Crippen LogP contribution in [0.1, 0.15) is 61.8 Å². The van der Waals surface area contributed by atoms with Gasteiger partial charge in [-0.15, -0.1) is 0 Å². The molecule has 5 aromatic carbocycles.